The molecule has 3 N–H and O–H groups in total. The first-order chi connectivity index (χ1) is 12.0. The van der Waals surface area contributed by atoms with Crippen LogP contribution >= 0.6 is 0 Å². The van der Waals surface area contributed by atoms with Gasteiger partial charge < -0.3 is 15.2 Å². The van der Waals surface area contributed by atoms with E-state index in [1.165, 1.54) is 6.21 Å². The van der Waals surface area contributed by atoms with E-state index in [-0.39, 0.29) is 12.5 Å². The minimum absolute atomic E-state index is 0.178. The molecule has 0 saturated carbocycles. The van der Waals surface area contributed by atoms with Crippen molar-refractivity contribution in [2.45, 2.75) is 13.0 Å². The van der Waals surface area contributed by atoms with Gasteiger partial charge in [-0.1, -0.05) is 18.2 Å². The Kier molecular flexibility index (Phi) is 6.53. The van der Waals surface area contributed by atoms with Crippen molar-refractivity contribution in [2.24, 2.45) is 10.8 Å². The molecule has 0 radical (unpaired) electrons. The highest BCUT2D eigenvalue weighted by Gasteiger charge is 2.13. The summed E-state index contributed by atoms with van der Waals surface area (Å²) in [6.07, 6.45) is 0.814. The van der Waals surface area contributed by atoms with Crippen LogP contribution in [0, 0.1) is 0 Å². The number of ether oxygens (including phenoxy) is 2. The third kappa shape index (κ3) is 6.34. The highest BCUT2D eigenvalue weighted by Crippen LogP contribution is 2.11. The van der Waals surface area contributed by atoms with Crippen LogP contribution in [0.15, 0.2) is 59.7 Å². The molecule has 2 aromatic carbocycles. The maximum atomic E-state index is 11.9. The number of primary amides is 1. The monoisotopic (exact) mass is 341 g/mol. The van der Waals surface area contributed by atoms with Gasteiger partial charge in [0.1, 0.15) is 11.5 Å². The number of hydrazone groups is 1. The van der Waals surface area contributed by atoms with Gasteiger partial charge in [-0.2, -0.15) is 5.10 Å². The molecule has 130 valence electrons. The van der Waals surface area contributed by atoms with Crippen LogP contribution in [0.4, 0.5) is 0 Å². The van der Waals surface area contributed by atoms with Crippen LogP contribution in [0.25, 0.3) is 0 Å². The fraction of sp³-hybridized carbons (Fsp3) is 0.167. The molecule has 2 rings (SSSR count). The molecular formula is C18H19N3O4. The van der Waals surface area contributed by atoms with E-state index in [1.54, 1.807) is 43.3 Å². The van der Waals surface area contributed by atoms with Gasteiger partial charge in [-0.25, -0.2) is 5.43 Å². The highest BCUT2D eigenvalue weighted by molar-refractivity contribution is 5.84. The zero-order valence-electron chi connectivity index (χ0n) is 13.7. The van der Waals surface area contributed by atoms with E-state index in [9.17, 15) is 9.59 Å². The second kappa shape index (κ2) is 9.07. The Balaban J connectivity index is 1.81. The van der Waals surface area contributed by atoms with E-state index in [0.29, 0.717) is 11.5 Å². The Morgan fingerprint density at radius 3 is 2.44 bits per heavy atom. The lowest BCUT2D eigenvalue weighted by Crippen LogP contribution is -2.33. The van der Waals surface area contributed by atoms with Gasteiger partial charge in [0.05, 0.1) is 6.21 Å². The summed E-state index contributed by atoms with van der Waals surface area (Å²) < 4.78 is 10.6. The van der Waals surface area contributed by atoms with Gasteiger partial charge >= 0.3 is 0 Å². The third-order valence-electron chi connectivity index (χ3n) is 3.07. The summed E-state index contributed by atoms with van der Waals surface area (Å²) in [6, 6.07) is 15.9. The van der Waals surface area contributed by atoms with Crippen molar-refractivity contribution in [1.29, 1.82) is 0 Å². The Labute approximate surface area is 145 Å². The van der Waals surface area contributed by atoms with E-state index < -0.39 is 12.0 Å². The van der Waals surface area contributed by atoms with Crippen molar-refractivity contribution in [1.82, 2.24) is 5.43 Å². The predicted octanol–water partition coefficient (Wildman–Crippen LogP) is 1.47. The minimum atomic E-state index is -0.677. The molecule has 0 bridgehead atoms. The van der Waals surface area contributed by atoms with Crippen molar-refractivity contribution in [3.63, 3.8) is 0 Å². The second-order valence-corrected chi connectivity index (χ2v) is 5.13. The number of hydrogen-bond donors (Lipinski definition) is 2. The fourth-order valence-corrected chi connectivity index (χ4v) is 1.82. The van der Waals surface area contributed by atoms with Crippen molar-refractivity contribution in [2.75, 3.05) is 6.61 Å². The van der Waals surface area contributed by atoms with Crippen LogP contribution in [0.3, 0.4) is 0 Å². The first-order valence-corrected chi connectivity index (χ1v) is 7.60. The average molecular weight is 341 g/mol. The Bertz CT molecular complexity index is 730. The maximum absolute atomic E-state index is 11.9. The summed E-state index contributed by atoms with van der Waals surface area (Å²) >= 11 is 0. The lowest BCUT2D eigenvalue weighted by atomic mass is 10.2. The average Bonchev–Trinajstić information content (AvgIpc) is 2.61. The van der Waals surface area contributed by atoms with E-state index in [0.717, 1.165) is 5.56 Å². The Morgan fingerprint density at radius 2 is 1.80 bits per heavy atom. The smallest absolute Gasteiger partial charge is 0.280 e. The van der Waals surface area contributed by atoms with Gasteiger partial charge in [0.2, 0.25) is 0 Å². The van der Waals surface area contributed by atoms with Crippen molar-refractivity contribution in [3.05, 3.63) is 60.2 Å². The van der Waals surface area contributed by atoms with Gasteiger partial charge in [0.15, 0.2) is 12.7 Å². The maximum Gasteiger partial charge on any atom is 0.280 e. The zero-order valence-corrected chi connectivity index (χ0v) is 13.7. The summed E-state index contributed by atoms with van der Waals surface area (Å²) in [5.74, 6) is 0.229. The minimum Gasteiger partial charge on any atom is -0.484 e. The predicted molar refractivity (Wildman–Crippen MR) is 93.4 cm³/mol. The molecule has 2 amide bonds. The summed E-state index contributed by atoms with van der Waals surface area (Å²) in [6.45, 7) is 1.46. The number of nitrogens with zero attached hydrogens (tertiary/aromatic N) is 1. The summed E-state index contributed by atoms with van der Waals surface area (Å²) in [4.78, 5) is 22.6. The van der Waals surface area contributed by atoms with Crippen LogP contribution in [0.5, 0.6) is 11.5 Å². The molecule has 7 nitrogen and oxygen atoms in total. The molecule has 0 aromatic heterocycles. The number of para-hydroxylation sites is 1. The molecule has 0 aliphatic rings. The molecule has 7 heteroatoms. The van der Waals surface area contributed by atoms with Crippen LogP contribution in [-0.2, 0) is 9.59 Å². The van der Waals surface area contributed by atoms with Gasteiger partial charge in [0, 0.05) is 0 Å². The normalized spacial score (nSPS) is 11.7. The number of rotatable bonds is 8. The quantitative estimate of drug-likeness (QED) is 0.560. The van der Waals surface area contributed by atoms with Crippen LogP contribution in [0.2, 0.25) is 0 Å². The van der Waals surface area contributed by atoms with E-state index in [4.69, 9.17) is 15.2 Å². The molecular weight excluding hydrogens is 322 g/mol. The summed E-state index contributed by atoms with van der Waals surface area (Å²) in [7, 11) is 0. The number of nitrogens with one attached hydrogen (secondary N) is 1. The van der Waals surface area contributed by atoms with Crippen LogP contribution < -0.4 is 20.6 Å². The molecule has 0 fully saturated rings. The zero-order chi connectivity index (χ0) is 18.1. The molecule has 25 heavy (non-hydrogen) atoms. The van der Waals surface area contributed by atoms with Gasteiger partial charge in [-0.05, 0) is 48.9 Å². The van der Waals surface area contributed by atoms with Gasteiger partial charge in [-0.15, -0.1) is 0 Å². The summed E-state index contributed by atoms with van der Waals surface area (Å²) in [5.41, 5.74) is 8.17. The molecule has 0 spiro atoms. The molecule has 0 aliphatic carbocycles. The van der Waals surface area contributed by atoms with Crippen molar-refractivity contribution < 1.29 is 19.1 Å². The standard InChI is InChI=1S/C18H19N3O4/c1-13(25-16-5-3-2-4-6-16)18(23)21-20-11-14-7-9-15(10-8-14)24-12-17(19)22/h2-11,13H,12H2,1H3,(H2,19,22)(H,21,23)/t13-/m0/s1. The number of carbonyl (C=O) groups is 2. The SMILES string of the molecule is C[C@H](Oc1ccccc1)C(=O)NN=Cc1ccc(OCC(N)=O)cc1. The first-order valence-electron chi connectivity index (χ1n) is 7.60. The molecule has 0 aliphatic heterocycles. The van der Waals surface area contributed by atoms with Crippen LogP contribution in [0.1, 0.15) is 12.5 Å². The first kappa shape index (κ1) is 18.0. The number of hydrogen-bond acceptors (Lipinski definition) is 5. The molecule has 2 aromatic rings. The van der Waals surface area contributed by atoms with Gasteiger partial charge in [0.25, 0.3) is 11.8 Å². The lowest BCUT2D eigenvalue weighted by Gasteiger charge is -2.12. The lowest BCUT2D eigenvalue weighted by molar-refractivity contribution is -0.127. The molecule has 0 unspecified atom stereocenters. The number of amides is 2. The topological polar surface area (TPSA) is 103 Å². The van der Waals surface area contributed by atoms with Crippen molar-refractivity contribution >= 4 is 18.0 Å². The Morgan fingerprint density at radius 1 is 1.12 bits per heavy atom. The molecule has 1 atom stereocenters. The van der Waals surface area contributed by atoms with Gasteiger partial charge in [-0.3, -0.25) is 9.59 Å². The second-order valence-electron chi connectivity index (χ2n) is 5.13. The van der Waals surface area contributed by atoms with E-state index in [2.05, 4.69) is 10.5 Å². The number of nitrogens with two attached hydrogens (primary N) is 1. The largest absolute Gasteiger partial charge is 0.484 e. The van der Waals surface area contributed by atoms with E-state index in [1.807, 2.05) is 18.2 Å². The number of benzene rings is 2. The fourth-order valence-electron chi connectivity index (χ4n) is 1.82. The van der Waals surface area contributed by atoms with Crippen molar-refractivity contribution in [3.8, 4) is 11.5 Å². The molecule has 0 saturated heterocycles. The third-order valence-corrected chi connectivity index (χ3v) is 3.07. The number of carbonyl (C=O) groups excluding carboxylic acids is 2. The van der Waals surface area contributed by atoms with Crippen LogP contribution in [-0.4, -0.2) is 30.7 Å². The Hall–Kier alpha value is -3.35. The summed E-state index contributed by atoms with van der Waals surface area (Å²) in [5, 5.41) is 3.89. The van der Waals surface area contributed by atoms with E-state index >= 15 is 0 Å². The highest BCUT2D eigenvalue weighted by atomic mass is 16.5. The molecule has 0 heterocycles.